The van der Waals surface area contributed by atoms with Crippen molar-refractivity contribution in [3.05, 3.63) is 0 Å². The number of aliphatic hydroxyl groups is 5. The average Bonchev–Trinajstić information content (AvgIpc) is 2.45. The van der Waals surface area contributed by atoms with E-state index in [4.69, 9.17) is 9.84 Å². The van der Waals surface area contributed by atoms with Crippen molar-refractivity contribution in [3.63, 3.8) is 0 Å². The molecule has 1 saturated heterocycles. The fourth-order valence-corrected chi connectivity index (χ4v) is 1.86. The Balaban J connectivity index is 2.84. The highest BCUT2D eigenvalue weighted by molar-refractivity contribution is 5.74. The molecule has 10 heteroatoms. The van der Waals surface area contributed by atoms with Gasteiger partial charge in [-0.2, -0.15) is 0 Å². The van der Waals surface area contributed by atoms with Crippen LogP contribution in [0.2, 0.25) is 0 Å². The van der Waals surface area contributed by atoms with Gasteiger partial charge in [-0.05, 0) is 6.92 Å². The molecule has 2 unspecified atom stereocenters. The molecule has 0 spiro atoms. The second-order valence-corrected chi connectivity index (χ2v) is 4.78. The summed E-state index contributed by atoms with van der Waals surface area (Å²) in [6.45, 7) is 1.12. The van der Waals surface area contributed by atoms with Gasteiger partial charge in [-0.25, -0.2) is 19.4 Å². The average molecular weight is 310 g/mol. The van der Waals surface area contributed by atoms with Crippen LogP contribution in [0, 0.1) is 5.92 Å². The zero-order valence-electron chi connectivity index (χ0n) is 11.4. The van der Waals surface area contributed by atoms with Crippen LogP contribution in [0.1, 0.15) is 13.8 Å². The summed E-state index contributed by atoms with van der Waals surface area (Å²) in [6.07, 6.45) is -7.11. The van der Waals surface area contributed by atoms with Crippen molar-refractivity contribution in [2.24, 2.45) is 5.92 Å². The molecule has 0 aromatic carbocycles. The molecule has 0 aliphatic carbocycles. The molecule has 0 bridgehead atoms. The summed E-state index contributed by atoms with van der Waals surface area (Å²) in [5.41, 5.74) is 0. The van der Waals surface area contributed by atoms with Gasteiger partial charge in [0.2, 0.25) is 5.79 Å². The van der Waals surface area contributed by atoms with Crippen LogP contribution in [0.25, 0.3) is 0 Å². The van der Waals surface area contributed by atoms with Gasteiger partial charge >= 0.3 is 11.9 Å². The Labute approximate surface area is 119 Å². The lowest BCUT2D eigenvalue weighted by atomic mass is 9.87. The SMILES string of the molecule is CC(=O)OOC(=O)C(C)C1O[C@@](O)(CO)[C@@H](O)[C@H](O)[C@@H]1O. The van der Waals surface area contributed by atoms with E-state index in [0.717, 1.165) is 6.92 Å². The van der Waals surface area contributed by atoms with Gasteiger partial charge in [0.1, 0.15) is 24.4 Å². The third-order valence-electron chi connectivity index (χ3n) is 3.14. The minimum atomic E-state index is -2.56. The van der Waals surface area contributed by atoms with Gasteiger partial charge < -0.3 is 30.3 Å². The van der Waals surface area contributed by atoms with E-state index in [-0.39, 0.29) is 0 Å². The number of aliphatic hydroxyl groups excluding tert-OH is 4. The Morgan fingerprint density at radius 3 is 2.29 bits per heavy atom. The molecular weight excluding hydrogens is 292 g/mol. The van der Waals surface area contributed by atoms with Crippen LogP contribution >= 0.6 is 0 Å². The Kier molecular flexibility index (Phi) is 5.61. The lowest BCUT2D eigenvalue weighted by Crippen LogP contribution is -2.67. The van der Waals surface area contributed by atoms with Crippen molar-refractivity contribution >= 4 is 11.9 Å². The van der Waals surface area contributed by atoms with Crippen molar-refractivity contribution in [1.82, 2.24) is 0 Å². The molecule has 1 fully saturated rings. The van der Waals surface area contributed by atoms with Gasteiger partial charge in [-0.15, -0.1) is 0 Å². The quantitative estimate of drug-likeness (QED) is 0.265. The number of rotatable bonds is 3. The summed E-state index contributed by atoms with van der Waals surface area (Å²) >= 11 is 0. The third kappa shape index (κ3) is 3.67. The molecule has 0 aromatic rings. The number of hydrogen-bond acceptors (Lipinski definition) is 10. The Morgan fingerprint density at radius 2 is 1.81 bits per heavy atom. The maximum absolute atomic E-state index is 11.6. The molecule has 1 rings (SSSR count). The molecule has 1 aliphatic heterocycles. The van der Waals surface area contributed by atoms with Gasteiger partial charge in [0.05, 0.1) is 12.5 Å². The molecule has 21 heavy (non-hydrogen) atoms. The smallest absolute Gasteiger partial charge is 0.361 e. The summed E-state index contributed by atoms with van der Waals surface area (Å²) < 4.78 is 4.91. The minimum absolute atomic E-state index is 0.886. The van der Waals surface area contributed by atoms with E-state index in [1.54, 1.807) is 0 Å². The molecule has 1 aliphatic rings. The fraction of sp³-hybridized carbons (Fsp3) is 0.818. The summed E-state index contributed by atoms with van der Waals surface area (Å²) in [6, 6.07) is 0. The molecule has 0 saturated carbocycles. The fourth-order valence-electron chi connectivity index (χ4n) is 1.86. The first-order valence-corrected chi connectivity index (χ1v) is 6.08. The van der Waals surface area contributed by atoms with Gasteiger partial charge in [0, 0.05) is 6.92 Å². The standard InChI is InChI=1S/C11H18O10/c1-4(10(17)21-20-5(2)13)8-6(14)7(15)9(16)11(18,3-12)19-8/h4,6-9,12,14-16,18H,3H2,1-2H3/t4?,6-,7+,8?,9-,11-/m0/s1. The minimum Gasteiger partial charge on any atom is -0.391 e. The van der Waals surface area contributed by atoms with Crippen molar-refractivity contribution in [2.45, 2.75) is 44.1 Å². The molecule has 0 radical (unpaired) electrons. The number of hydrogen-bond donors (Lipinski definition) is 5. The van der Waals surface area contributed by atoms with E-state index < -0.39 is 54.7 Å². The Bertz CT molecular complexity index is 398. The van der Waals surface area contributed by atoms with Gasteiger partial charge in [-0.1, -0.05) is 0 Å². The third-order valence-corrected chi connectivity index (χ3v) is 3.14. The van der Waals surface area contributed by atoms with Gasteiger partial charge in [0.25, 0.3) is 0 Å². The van der Waals surface area contributed by atoms with Crippen LogP contribution in [0.5, 0.6) is 0 Å². The van der Waals surface area contributed by atoms with Crippen molar-refractivity contribution in [1.29, 1.82) is 0 Å². The summed E-state index contributed by atoms with van der Waals surface area (Å²) in [4.78, 5) is 30.3. The summed E-state index contributed by atoms with van der Waals surface area (Å²) in [5, 5.41) is 47.8. The normalized spacial score (nSPS) is 37.7. The molecule has 10 nitrogen and oxygen atoms in total. The predicted molar refractivity (Wildman–Crippen MR) is 62.0 cm³/mol. The van der Waals surface area contributed by atoms with Crippen molar-refractivity contribution < 1.29 is 49.6 Å². The highest BCUT2D eigenvalue weighted by Crippen LogP contribution is 2.31. The van der Waals surface area contributed by atoms with E-state index in [9.17, 15) is 30.0 Å². The molecule has 1 heterocycles. The van der Waals surface area contributed by atoms with Gasteiger partial charge in [-0.3, -0.25) is 0 Å². The Morgan fingerprint density at radius 1 is 1.24 bits per heavy atom. The van der Waals surface area contributed by atoms with Crippen molar-refractivity contribution in [2.75, 3.05) is 6.61 Å². The number of carbonyl (C=O) groups is 2. The maximum Gasteiger partial charge on any atom is 0.361 e. The second kappa shape index (κ2) is 6.64. The number of ether oxygens (including phenoxy) is 1. The lowest BCUT2D eigenvalue weighted by molar-refractivity contribution is -0.361. The monoisotopic (exact) mass is 310 g/mol. The second-order valence-electron chi connectivity index (χ2n) is 4.78. The zero-order valence-corrected chi connectivity index (χ0v) is 11.4. The highest BCUT2D eigenvalue weighted by atomic mass is 17.2. The lowest BCUT2D eigenvalue weighted by Gasteiger charge is -2.46. The van der Waals surface area contributed by atoms with Crippen LogP contribution in [-0.4, -0.2) is 74.3 Å². The van der Waals surface area contributed by atoms with Crippen LogP contribution in [-0.2, 0) is 24.1 Å². The molecule has 5 N–H and O–H groups in total. The van der Waals surface area contributed by atoms with E-state index in [1.165, 1.54) is 6.92 Å². The molecule has 0 aromatic heterocycles. The van der Waals surface area contributed by atoms with Crippen LogP contribution in [0.4, 0.5) is 0 Å². The molecule has 0 amide bonds. The largest absolute Gasteiger partial charge is 0.391 e. The van der Waals surface area contributed by atoms with E-state index in [1.807, 2.05) is 0 Å². The first-order valence-electron chi connectivity index (χ1n) is 6.08. The van der Waals surface area contributed by atoms with E-state index in [2.05, 4.69) is 9.78 Å². The van der Waals surface area contributed by atoms with Gasteiger partial charge in [0.15, 0.2) is 0 Å². The van der Waals surface area contributed by atoms with Crippen molar-refractivity contribution in [3.8, 4) is 0 Å². The van der Waals surface area contributed by atoms with Crippen LogP contribution in [0.15, 0.2) is 0 Å². The maximum atomic E-state index is 11.6. The Hall–Kier alpha value is -1.30. The first-order chi connectivity index (χ1) is 9.64. The van der Waals surface area contributed by atoms with E-state index >= 15 is 0 Å². The number of carbonyl (C=O) groups excluding carboxylic acids is 2. The van der Waals surface area contributed by atoms with Crippen LogP contribution < -0.4 is 0 Å². The zero-order chi connectivity index (χ0) is 16.4. The highest BCUT2D eigenvalue weighted by Gasteiger charge is 2.55. The first kappa shape index (κ1) is 17.8. The van der Waals surface area contributed by atoms with E-state index in [0.29, 0.717) is 0 Å². The summed E-state index contributed by atoms with van der Waals surface area (Å²) in [5.74, 6) is -5.83. The van der Waals surface area contributed by atoms with Crippen LogP contribution in [0.3, 0.4) is 0 Å². The summed E-state index contributed by atoms with van der Waals surface area (Å²) in [7, 11) is 0. The topological polar surface area (TPSA) is 163 Å². The predicted octanol–water partition coefficient (Wildman–Crippen LogP) is -3.19. The molecule has 122 valence electrons. The molecular formula is C11H18O10. The molecule has 6 atom stereocenters.